The molecule has 8 heteroatoms. The Morgan fingerprint density at radius 2 is 2.00 bits per heavy atom. The van der Waals surface area contributed by atoms with E-state index in [9.17, 15) is 17.6 Å². The number of alkyl halides is 3. The van der Waals surface area contributed by atoms with E-state index < -0.39 is 29.5 Å². The van der Waals surface area contributed by atoms with Gasteiger partial charge in [0.25, 0.3) is 5.92 Å². The Morgan fingerprint density at radius 1 is 1.27 bits per heavy atom. The Bertz CT molecular complexity index is 1130. The van der Waals surface area contributed by atoms with Gasteiger partial charge in [-0.2, -0.15) is 0 Å². The van der Waals surface area contributed by atoms with Crippen LogP contribution < -0.4 is 15.9 Å². The van der Waals surface area contributed by atoms with Gasteiger partial charge in [0, 0.05) is 30.9 Å². The molecule has 158 valence electrons. The second-order valence-corrected chi connectivity index (χ2v) is 7.93. The first kappa shape index (κ1) is 20.4. The van der Waals surface area contributed by atoms with Crippen molar-refractivity contribution in [2.24, 2.45) is 0 Å². The van der Waals surface area contributed by atoms with Crippen LogP contribution in [0.1, 0.15) is 36.7 Å². The van der Waals surface area contributed by atoms with Gasteiger partial charge in [0.2, 0.25) is 0 Å². The summed E-state index contributed by atoms with van der Waals surface area (Å²) in [6.07, 6.45) is 4.98. The molecule has 2 aliphatic rings. The lowest BCUT2D eigenvalue weighted by molar-refractivity contribution is 0.0136. The summed E-state index contributed by atoms with van der Waals surface area (Å²) in [4.78, 5) is 10.6. The summed E-state index contributed by atoms with van der Waals surface area (Å²) < 4.78 is 55.5. The number of hydrogen-bond acceptors (Lipinski definition) is 4. The van der Waals surface area contributed by atoms with Crippen LogP contribution in [0.15, 0.2) is 30.5 Å². The molecule has 4 rings (SSSR count). The van der Waals surface area contributed by atoms with Crippen LogP contribution >= 0.6 is 0 Å². The average Bonchev–Trinajstić information content (AvgIpc) is 3.46. The number of anilines is 1. The predicted molar refractivity (Wildman–Crippen MR) is 107 cm³/mol. The Morgan fingerprint density at radius 3 is 2.63 bits per heavy atom. The Labute approximate surface area is 171 Å². The number of nitrogens with zero attached hydrogens (tertiary/aromatic N) is 3. The maximum Gasteiger partial charge on any atom is 0.273 e. The van der Waals surface area contributed by atoms with Gasteiger partial charge in [0.05, 0.1) is 21.7 Å². The quantitative estimate of drug-likeness (QED) is 0.730. The number of fused-ring (bicyclic) bond motifs is 1. The smallest absolute Gasteiger partial charge is 0.273 e. The number of nitrogens with one attached hydrogen (secondary N) is 1. The fourth-order valence-electron chi connectivity index (χ4n) is 3.67. The van der Waals surface area contributed by atoms with Gasteiger partial charge < -0.3 is 10.2 Å². The SMILES string of the molecule is C=C1C=c2nc(C)nc(NCc3cccc(C(C)(F)F)c3F)c2=CN1C1(CF)CC1. The van der Waals surface area contributed by atoms with E-state index in [1.165, 1.54) is 12.1 Å². The molecule has 1 fully saturated rings. The topological polar surface area (TPSA) is 41.1 Å². The maximum absolute atomic E-state index is 14.6. The molecule has 0 atom stereocenters. The molecule has 30 heavy (non-hydrogen) atoms. The molecule has 0 bridgehead atoms. The molecule has 1 aliphatic heterocycles. The van der Waals surface area contributed by atoms with E-state index in [2.05, 4.69) is 21.9 Å². The number of hydrogen-bond donors (Lipinski definition) is 1. The molecule has 0 saturated heterocycles. The summed E-state index contributed by atoms with van der Waals surface area (Å²) in [5, 5.41) is 4.29. The second kappa shape index (κ2) is 7.11. The minimum absolute atomic E-state index is 0.0400. The van der Waals surface area contributed by atoms with Gasteiger partial charge >= 0.3 is 0 Å². The zero-order valence-corrected chi connectivity index (χ0v) is 16.8. The number of halogens is 4. The lowest BCUT2D eigenvalue weighted by atomic mass is 10.0. The van der Waals surface area contributed by atoms with Crippen LogP contribution in [-0.4, -0.2) is 27.1 Å². The van der Waals surface area contributed by atoms with Gasteiger partial charge in [-0.15, -0.1) is 0 Å². The van der Waals surface area contributed by atoms with E-state index >= 15 is 0 Å². The molecule has 1 aliphatic carbocycles. The highest BCUT2D eigenvalue weighted by atomic mass is 19.3. The van der Waals surface area contributed by atoms with Crippen molar-refractivity contribution >= 4 is 18.1 Å². The molecule has 2 heterocycles. The van der Waals surface area contributed by atoms with E-state index in [0.29, 0.717) is 34.8 Å². The van der Waals surface area contributed by atoms with Crippen molar-refractivity contribution in [3.8, 4) is 0 Å². The summed E-state index contributed by atoms with van der Waals surface area (Å²) in [5.41, 5.74) is -0.488. The zero-order valence-electron chi connectivity index (χ0n) is 16.8. The first-order valence-electron chi connectivity index (χ1n) is 9.67. The van der Waals surface area contributed by atoms with E-state index in [1.807, 2.05) is 0 Å². The number of aromatic nitrogens is 2. The Hall–Kier alpha value is -2.90. The molecule has 1 N–H and O–H groups in total. The predicted octanol–water partition coefficient (Wildman–Crippen LogP) is 3.50. The standard InChI is InChI=1S/C22H22F4N4/c1-13-9-18-16(11-30(13)22(12-23)7-8-22)20(29-14(2)28-18)27-10-15-5-4-6-17(19(15)24)21(3,25)26/h4-6,9,11H,1,7-8,10,12H2,2-3H3,(H,27,28,29). The number of benzene rings is 1. The molecule has 1 saturated carbocycles. The highest BCUT2D eigenvalue weighted by Crippen LogP contribution is 2.44. The summed E-state index contributed by atoms with van der Waals surface area (Å²) in [7, 11) is 0. The summed E-state index contributed by atoms with van der Waals surface area (Å²) in [6.45, 7) is 5.87. The Kier molecular flexibility index (Phi) is 4.83. The third-order valence-corrected chi connectivity index (χ3v) is 5.54. The van der Waals surface area contributed by atoms with Gasteiger partial charge in [-0.05, 0) is 25.8 Å². The van der Waals surface area contributed by atoms with Gasteiger partial charge in [0.1, 0.15) is 24.1 Å². The first-order chi connectivity index (χ1) is 14.1. The minimum Gasteiger partial charge on any atom is -0.365 e. The molecule has 4 nitrogen and oxygen atoms in total. The molecular formula is C22H22F4N4. The van der Waals surface area contributed by atoms with Crippen molar-refractivity contribution in [3.05, 3.63) is 63.8 Å². The monoisotopic (exact) mass is 418 g/mol. The first-order valence-corrected chi connectivity index (χ1v) is 9.67. The van der Waals surface area contributed by atoms with Crippen LogP contribution in [0.3, 0.4) is 0 Å². The molecule has 1 aromatic carbocycles. The highest BCUT2D eigenvalue weighted by Gasteiger charge is 2.48. The maximum atomic E-state index is 14.6. The second-order valence-electron chi connectivity index (χ2n) is 7.93. The van der Waals surface area contributed by atoms with Crippen molar-refractivity contribution in [3.63, 3.8) is 0 Å². The van der Waals surface area contributed by atoms with Crippen LogP contribution in [0.4, 0.5) is 23.4 Å². The highest BCUT2D eigenvalue weighted by molar-refractivity contribution is 5.58. The summed E-state index contributed by atoms with van der Waals surface area (Å²) >= 11 is 0. The molecule has 1 aromatic heterocycles. The zero-order chi connectivity index (χ0) is 21.7. The van der Waals surface area contributed by atoms with Crippen LogP contribution in [0.5, 0.6) is 0 Å². The van der Waals surface area contributed by atoms with Crippen LogP contribution in [-0.2, 0) is 12.5 Å². The normalized spacial score (nSPS) is 17.1. The van der Waals surface area contributed by atoms with Crippen molar-refractivity contribution in [1.82, 2.24) is 14.9 Å². The fourth-order valence-corrected chi connectivity index (χ4v) is 3.67. The van der Waals surface area contributed by atoms with Gasteiger partial charge in [0.15, 0.2) is 0 Å². The van der Waals surface area contributed by atoms with E-state index in [0.717, 1.165) is 18.9 Å². The van der Waals surface area contributed by atoms with E-state index in [4.69, 9.17) is 0 Å². The summed E-state index contributed by atoms with van der Waals surface area (Å²) in [5.74, 6) is -3.31. The van der Waals surface area contributed by atoms with E-state index in [-0.39, 0.29) is 12.1 Å². The third kappa shape index (κ3) is 3.55. The fraction of sp³-hybridized carbons (Fsp3) is 0.364. The van der Waals surface area contributed by atoms with Gasteiger partial charge in [-0.1, -0.05) is 24.8 Å². The minimum atomic E-state index is -3.28. The molecular weight excluding hydrogens is 396 g/mol. The van der Waals surface area contributed by atoms with Crippen molar-refractivity contribution in [2.45, 2.75) is 44.7 Å². The van der Waals surface area contributed by atoms with Crippen LogP contribution in [0.25, 0.3) is 12.3 Å². The largest absolute Gasteiger partial charge is 0.365 e. The van der Waals surface area contributed by atoms with E-state index in [1.54, 1.807) is 24.1 Å². The lowest BCUT2D eigenvalue weighted by Gasteiger charge is -2.31. The van der Waals surface area contributed by atoms with Gasteiger partial charge in [-0.3, -0.25) is 0 Å². The molecule has 0 spiro atoms. The van der Waals surface area contributed by atoms with Gasteiger partial charge in [-0.25, -0.2) is 27.5 Å². The molecule has 2 aromatic rings. The molecule has 0 radical (unpaired) electrons. The van der Waals surface area contributed by atoms with Crippen molar-refractivity contribution < 1.29 is 17.6 Å². The van der Waals surface area contributed by atoms with Crippen molar-refractivity contribution in [2.75, 3.05) is 12.0 Å². The number of aryl methyl sites for hydroxylation is 1. The average molecular weight is 418 g/mol. The molecule has 0 amide bonds. The Balaban J connectivity index is 1.70. The lowest BCUT2D eigenvalue weighted by Crippen LogP contribution is -2.44. The third-order valence-electron chi connectivity index (χ3n) is 5.54. The summed E-state index contributed by atoms with van der Waals surface area (Å²) in [6, 6.07) is 3.93. The van der Waals surface area contributed by atoms with Crippen LogP contribution in [0, 0.1) is 12.7 Å². The van der Waals surface area contributed by atoms with Crippen LogP contribution in [0.2, 0.25) is 0 Å². The number of allylic oxidation sites excluding steroid dienone is 1. The number of rotatable bonds is 6. The van der Waals surface area contributed by atoms with Crippen molar-refractivity contribution in [1.29, 1.82) is 0 Å². The molecule has 0 unspecified atom stereocenters.